The van der Waals surface area contributed by atoms with Gasteiger partial charge in [0.2, 0.25) is 0 Å². The Hall–Kier alpha value is -2.87. The van der Waals surface area contributed by atoms with E-state index < -0.39 is 11.7 Å². The molecular weight excluding hydrogens is 349 g/mol. The quantitative estimate of drug-likeness (QED) is 0.699. The number of phenols is 1. The number of hydrogen-bond acceptors (Lipinski definition) is 5. The lowest BCUT2D eigenvalue weighted by Gasteiger charge is -2.16. The standard InChI is InChI=1S/C18H15F3N2O3/c1-10-6-12(18(19,20)21)8-15(26-9-25-2)16(10)13-7-11-4-3-5-14(24)17(11)23-22-13/h3-8,24H,9H2,1-2H3. The molecular formula is C18H15F3N2O3. The van der Waals surface area contributed by atoms with Gasteiger partial charge in [-0.1, -0.05) is 12.1 Å². The van der Waals surface area contributed by atoms with Crippen LogP contribution in [0.5, 0.6) is 11.5 Å². The average molecular weight is 364 g/mol. The highest BCUT2D eigenvalue weighted by atomic mass is 19.4. The summed E-state index contributed by atoms with van der Waals surface area (Å²) in [4.78, 5) is 0. The summed E-state index contributed by atoms with van der Waals surface area (Å²) in [5.41, 5.74) is 0.532. The second-order valence-corrected chi connectivity index (χ2v) is 5.66. The summed E-state index contributed by atoms with van der Waals surface area (Å²) in [5.74, 6) is -0.0328. The third-order valence-electron chi connectivity index (χ3n) is 3.81. The van der Waals surface area contributed by atoms with Gasteiger partial charge in [0.15, 0.2) is 6.79 Å². The van der Waals surface area contributed by atoms with Gasteiger partial charge in [0.25, 0.3) is 0 Å². The van der Waals surface area contributed by atoms with Crippen molar-refractivity contribution >= 4 is 10.9 Å². The molecule has 0 saturated carbocycles. The first kappa shape index (κ1) is 17.9. The van der Waals surface area contributed by atoms with Gasteiger partial charge in [0, 0.05) is 18.1 Å². The molecule has 0 bridgehead atoms. The van der Waals surface area contributed by atoms with Gasteiger partial charge in [0.1, 0.15) is 17.0 Å². The minimum Gasteiger partial charge on any atom is -0.506 e. The van der Waals surface area contributed by atoms with Crippen LogP contribution in [0.25, 0.3) is 22.2 Å². The number of benzene rings is 2. The van der Waals surface area contributed by atoms with Crippen LogP contribution in [0.4, 0.5) is 13.2 Å². The van der Waals surface area contributed by atoms with Gasteiger partial charge in [-0.3, -0.25) is 0 Å². The lowest BCUT2D eigenvalue weighted by atomic mass is 9.99. The van der Waals surface area contributed by atoms with Gasteiger partial charge in [0.05, 0.1) is 11.3 Å². The highest BCUT2D eigenvalue weighted by Gasteiger charge is 2.32. The Morgan fingerprint density at radius 2 is 1.88 bits per heavy atom. The molecule has 0 aliphatic carbocycles. The number of alkyl halides is 3. The molecule has 1 heterocycles. The fraction of sp³-hybridized carbons (Fsp3) is 0.222. The molecule has 8 heteroatoms. The monoisotopic (exact) mass is 364 g/mol. The van der Waals surface area contributed by atoms with Crippen molar-refractivity contribution in [3.05, 3.63) is 47.5 Å². The summed E-state index contributed by atoms with van der Waals surface area (Å²) < 4.78 is 49.5. The SMILES string of the molecule is COCOc1cc(C(F)(F)F)cc(C)c1-c1cc2cccc(O)c2nn1. The number of rotatable bonds is 4. The van der Waals surface area contributed by atoms with Crippen LogP contribution in [0, 0.1) is 6.92 Å². The van der Waals surface area contributed by atoms with Crippen molar-refractivity contribution in [3.8, 4) is 22.8 Å². The lowest BCUT2D eigenvalue weighted by Crippen LogP contribution is -2.09. The minimum atomic E-state index is -4.50. The molecule has 0 atom stereocenters. The van der Waals surface area contributed by atoms with E-state index in [0.717, 1.165) is 12.1 Å². The third kappa shape index (κ3) is 3.41. The maximum Gasteiger partial charge on any atom is 0.416 e. The van der Waals surface area contributed by atoms with Crippen molar-refractivity contribution in [2.45, 2.75) is 13.1 Å². The smallest absolute Gasteiger partial charge is 0.416 e. The minimum absolute atomic E-state index is 0.00650. The zero-order valence-corrected chi connectivity index (χ0v) is 14.0. The summed E-state index contributed by atoms with van der Waals surface area (Å²) >= 11 is 0. The highest BCUT2D eigenvalue weighted by Crippen LogP contribution is 2.39. The number of aryl methyl sites for hydroxylation is 1. The fourth-order valence-electron chi connectivity index (χ4n) is 2.66. The van der Waals surface area contributed by atoms with Gasteiger partial charge >= 0.3 is 6.18 Å². The number of hydrogen-bond donors (Lipinski definition) is 1. The van der Waals surface area contributed by atoms with Gasteiger partial charge in [-0.2, -0.15) is 13.2 Å². The summed E-state index contributed by atoms with van der Waals surface area (Å²) in [6.07, 6.45) is -4.50. The van der Waals surface area contributed by atoms with Crippen LogP contribution in [0.3, 0.4) is 0 Å². The molecule has 0 aliphatic rings. The first-order valence-electron chi connectivity index (χ1n) is 7.60. The highest BCUT2D eigenvalue weighted by molar-refractivity contribution is 5.87. The van der Waals surface area contributed by atoms with E-state index in [-0.39, 0.29) is 18.3 Å². The van der Waals surface area contributed by atoms with Crippen molar-refractivity contribution in [2.75, 3.05) is 13.9 Å². The normalized spacial score (nSPS) is 11.7. The zero-order chi connectivity index (χ0) is 18.9. The number of ether oxygens (including phenoxy) is 2. The van der Waals surface area contributed by atoms with E-state index >= 15 is 0 Å². The van der Waals surface area contributed by atoms with E-state index in [2.05, 4.69) is 10.2 Å². The Balaban J connectivity index is 2.19. The van der Waals surface area contributed by atoms with Crippen molar-refractivity contribution in [3.63, 3.8) is 0 Å². The molecule has 136 valence electrons. The summed E-state index contributed by atoms with van der Waals surface area (Å²) in [6.45, 7) is 1.33. The van der Waals surface area contributed by atoms with Gasteiger partial charge in [-0.05, 0) is 36.8 Å². The Morgan fingerprint density at radius 3 is 2.58 bits per heavy atom. The van der Waals surface area contributed by atoms with E-state index in [0.29, 0.717) is 27.7 Å². The largest absolute Gasteiger partial charge is 0.506 e. The molecule has 3 aromatic rings. The van der Waals surface area contributed by atoms with Gasteiger partial charge in [-0.25, -0.2) is 0 Å². The number of fused-ring (bicyclic) bond motifs is 1. The first-order chi connectivity index (χ1) is 12.3. The van der Waals surface area contributed by atoms with Crippen LogP contribution in [0.1, 0.15) is 11.1 Å². The lowest BCUT2D eigenvalue weighted by molar-refractivity contribution is -0.137. The molecule has 0 aliphatic heterocycles. The second-order valence-electron chi connectivity index (χ2n) is 5.66. The molecule has 0 saturated heterocycles. The van der Waals surface area contributed by atoms with Crippen LogP contribution in [0.15, 0.2) is 36.4 Å². The average Bonchev–Trinajstić information content (AvgIpc) is 2.58. The van der Waals surface area contributed by atoms with Crippen molar-refractivity contribution < 1.29 is 27.8 Å². The molecule has 0 unspecified atom stereocenters. The van der Waals surface area contributed by atoms with Gasteiger partial charge in [-0.15, -0.1) is 10.2 Å². The Labute approximate surface area is 147 Å². The van der Waals surface area contributed by atoms with Crippen LogP contribution < -0.4 is 4.74 Å². The molecule has 0 amide bonds. The molecule has 26 heavy (non-hydrogen) atoms. The number of nitrogens with zero attached hydrogens (tertiary/aromatic N) is 2. The Kier molecular flexibility index (Phi) is 4.69. The molecule has 3 rings (SSSR count). The van der Waals surface area contributed by atoms with E-state index in [1.165, 1.54) is 13.2 Å². The number of aromatic nitrogens is 2. The number of phenolic OH excluding ortho intramolecular Hbond substituents is 1. The Morgan fingerprint density at radius 1 is 1.12 bits per heavy atom. The van der Waals surface area contributed by atoms with Crippen LogP contribution >= 0.6 is 0 Å². The molecule has 0 fully saturated rings. The first-order valence-corrected chi connectivity index (χ1v) is 7.60. The van der Waals surface area contributed by atoms with Crippen LogP contribution in [0.2, 0.25) is 0 Å². The molecule has 2 aromatic carbocycles. The van der Waals surface area contributed by atoms with E-state index in [4.69, 9.17) is 9.47 Å². The van der Waals surface area contributed by atoms with Crippen molar-refractivity contribution in [1.29, 1.82) is 0 Å². The van der Waals surface area contributed by atoms with Crippen LogP contribution in [-0.2, 0) is 10.9 Å². The van der Waals surface area contributed by atoms with Crippen LogP contribution in [-0.4, -0.2) is 29.2 Å². The summed E-state index contributed by atoms with van der Waals surface area (Å²) in [5, 5.41) is 18.4. The number of halogens is 3. The molecule has 0 radical (unpaired) electrons. The fourth-order valence-corrected chi connectivity index (χ4v) is 2.66. The summed E-state index contributed by atoms with van der Waals surface area (Å²) in [7, 11) is 1.37. The molecule has 1 aromatic heterocycles. The number of methoxy groups -OCH3 is 1. The van der Waals surface area contributed by atoms with E-state index in [1.54, 1.807) is 25.1 Å². The van der Waals surface area contributed by atoms with Crippen molar-refractivity contribution in [1.82, 2.24) is 10.2 Å². The predicted octanol–water partition coefficient (Wildman–Crippen LogP) is 4.31. The summed E-state index contributed by atoms with van der Waals surface area (Å²) in [6, 6.07) is 8.43. The number of aromatic hydroxyl groups is 1. The molecule has 5 nitrogen and oxygen atoms in total. The van der Waals surface area contributed by atoms with Crippen molar-refractivity contribution in [2.24, 2.45) is 0 Å². The van der Waals surface area contributed by atoms with E-state index in [1.807, 2.05) is 0 Å². The molecule has 0 spiro atoms. The topological polar surface area (TPSA) is 64.5 Å². The van der Waals surface area contributed by atoms with Gasteiger partial charge < -0.3 is 14.6 Å². The Bertz CT molecular complexity index is 958. The maximum absolute atomic E-state index is 13.1. The second kappa shape index (κ2) is 6.80. The maximum atomic E-state index is 13.1. The third-order valence-corrected chi connectivity index (χ3v) is 3.81. The molecule has 1 N–H and O–H groups in total. The van der Waals surface area contributed by atoms with E-state index in [9.17, 15) is 18.3 Å². The zero-order valence-electron chi connectivity index (χ0n) is 14.0. The predicted molar refractivity (Wildman–Crippen MR) is 88.9 cm³/mol.